The van der Waals surface area contributed by atoms with Gasteiger partial charge in [0.2, 0.25) is 0 Å². The highest BCUT2D eigenvalue weighted by Crippen LogP contribution is 2.52. The molecule has 1 aromatic carbocycles. The molecule has 0 aromatic heterocycles. The first-order valence-electron chi connectivity index (χ1n) is 5.06. The van der Waals surface area contributed by atoms with E-state index < -0.39 is 5.60 Å². The maximum Gasteiger partial charge on any atom is 0.161 e. The molecule has 3 heteroatoms. The van der Waals surface area contributed by atoms with Crippen LogP contribution in [0.15, 0.2) is 18.2 Å². The van der Waals surface area contributed by atoms with Gasteiger partial charge >= 0.3 is 0 Å². The van der Waals surface area contributed by atoms with Crippen molar-refractivity contribution in [3.05, 3.63) is 23.8 Å². The normalized spacial score (nSPS) is 28.7. The van der Waals surface area contributed by atoms with Gasteiger partial charge in [0.05, 0.1) is 19.8 Å². The number of rotatable bonds is 3. The zero-order chi connectivity index (χ0) is 11.1. The van der Waals surface area contributed by atoms with Crippen LogP contribution in [0.25, 0.3) is 0 Å². The molecular weight excluding hydrogens is 192 g/mol. The molecule has 3 nitrogen and oxygen atoms in total. The summed E-state index contributed by atoms with van der Waals surface area (Å²) in [5.74, 6) is 1.69. The second-order valence-corrected chi connectivity index (χ2v) is 4.10. The van der Waals surface area contributed by atoms with Crippen LogP contribution in [-0.4, -0.2) is 19.3 Å². The van der Waals surface area contributed by atoms with E-state index in [9.17, 15) is 5.11 Å². The molecule has 2 atom stereocenters. The Kier molecular flexibility index (Phi) is 2.35. The van der Waals surface area contributed by atoms with E-state index in [2.05, 4.69) is 0 Å². The van der Waals surface area contributed by atoms with E-state index >= 15 is 0 Å². The molecule has 0 amide bonds. The Labute approximate surface area is 89.6 Å². The molecule has 0 saturated heterocycles. The van der Waals surface area contributed by atoms with Crippen molar-refractivity contribution in [3.8, 4) is 11.5 Å². The van der Waals surface area contributed by atoms with Gasteiger partial charge in [-0.05, 0) is 30.0 Å². The van der Waals surface area contributed by atoms with E-state index in [1.54, 1.807) is 14.2 Å². The first-order chi connectivity index (χ1) is 7.11. The van der Waals surface area contributed by atoms with Gasteiger partial charge in [0.1, 0.15) is 0 Å². The number of benzene rings is 1. The lowest BCUT2D eigenvalue weighted by Gasteiger charge is -2.13. The summed E-state index contributed by atoms with van der Waals surface area (Å²) in [7, 11) is 3.20. The second-order valence-electron chi connectivity index (χ2n) is 4.10. The van der Waals surface area contributed by atoms with Crippen LogP contribution in [-0.2, 0) is 5.60 Å². The molecule has 0 spiro atoms. The van der Waals surface area contributed by atoms with Crippen molar-refractivity contribution in [2.24, 2.45) is 5.92 Å². The largest absolute Gasteiger partial charge is 0.493 e. The van der Waals surface area contributed by atoms with Crippen molar-refractivity contribution >= 4 is 0 Å². The van der Waals surface area contributed by atoms with Gasteiger partial charge in [-0.3, -0.25) is 0 Å². The minimum Gasteiger partial charge on any atom is -0.493 e. The molecule has 1 fully saturated rings. The van der Waals surface area contributed by atoms with Gasteiger partial charge in [0.15, 0.2) is 11.5 Å². The van der Waals surface area contributed by atoms with Crippen LogP contribution in [0.1, 0.15) is 18.9 Å². The molecule has 1 aliphatic carbocycles. The van der Waals surface area contributed by atoms with Crippen molar-refractivity contribution in [2.45, 2.75) is 18.9 Å². The third-order valence-corrected chi connectivity index (χ3v) is 3.16. The van der Waals surface area contributed by atoms with E-state index in [0.717, 1.165) is 12.0 Å². The highest BCUT2D eigenvalue weighted by atomic mass is 16.5. The molecule has 2 rings (SSSR count). The van der Waals surface area contributed by atoms with Crippen LogP contribution >= 0.6 is 0 Å². The summed E-state index contributed by atoms with van der Waals surface area (Å²) in [4.78, 5) is 0. The van der Waals surface area contributed by atoms with Crippen LogP contribution in [0.2, 0.25) is 0 Å². The summed E-state index contributed by atoms with van der Waals surface area (Å²) in [5.41, 5.74) is 0.257. The molecule has 0 aliphatic heterocycles. The Balaban J connectivity index is 2.36. The Morgan fingerprint density at radius 1 is 1.27 bits per heavy atom. The maximum atomic E-state index is 10.2. The Morgan fingerprint density at radius 3 is 2.33 bits per heavy atom. The topological polar surface area (TPSA) is 38.7 Å². The minimum atomic E-state index is -0.653. The Morgan fingerprint density at radius 2 is 1.87 bits per heavy atom. The molecule has 1 aromatic rings. The number of aliphatic hydroxyl groups is 1. The molecule has 1 saturated carbocycles. The van der Waals surface area contributed by atoms with Gasteiger partial charge in [0, 0.05) is 0 Å². The van der Waals surface area contributed by atoms with E-state index in [1.165, 1.54) is 0 Å². The third kappa shape index (κ3) is 1.57. The number of methoxy groups -OCH3 is 2. The molecule has 15 heavy (non-hydrogen) atoms. The molecule has 82 valence electrons. The smallest absolute Gasteiger partial charge is 0.161 e. The second kappa shape index (κ2) is 3.42. The van der Waals surface area contributed by atoms with E-state index in [1.807, 2.05) is 25.1 Å². The fraction of sp³-hybridized carbons (Fsp3) is 0.500. The van der Waals surface area contributed by atoms with E-state index in [4.69, 9.17) is 9.47 Å². The van der Waals surface area contributed by atoms with Gasteiger partial charge in [-0.1, -0.05) is 13.0 Å². The Hall–Kier alpha value is -1.22. The minimum absolute atomic E-state index is 0.329. The molecule has 1 N–H and O–H groups in total. The fourth-order valence-corrected chi connectivity index (χ4v) is 1.92. The molecule has 2 unspecified atom stereocenters. The molecule has 0 heterocycles. The van der Waals surface area contributed by atoms with E-state index in [0.29, 0.717) is 17.4 Å². The van der Waals surface area contributed by atoms with Crippen LogP contribution in [0.4, 0.5) is 0 Å². The predicted molar refractivity (Wildman–Crippen MR) is 57.2 cm³/mol. The van der Waals surface area contributed by atoms with Gasteiger partial charge in [-0.25, -0.2) is 0 Å². The lowest BCUT2D eigenvalue weighted by atomic mass is 10.1. The zero-order valence-electron chi connectivity index (χ0n) is 9.28. The standard InChI is InChI=1S/C12H16O3/c1-8-7-12(8,13)9-4-5-10(14-2)11(6-9)15-3/h4-6,8,13H,7H2,1-3H3. The van der Waals surface area contributed by atoms with Crippen LogP contribution in [0.5, 0.6) is 11.5 Å². The first kappa shape index (κ1) is 10.3. The summed E-state index contributed by atoms with van der Waals surface area (Å²) in [6, 6.07) is 5.57. The van der Waals surface area contributed by atoms with Crippen molar-refractivity contribution in [1.29, 1.82) is 0 Å². The lowest BCUT2D eigenvalue weighted by molar-refractivity contribution is 0.134. The Bertz CT molecular complexity index is 375. The first-order valence-corrected chi connectivity index (χ1v) is 5.06. The maximum absolute atomic E-state index is 10.2. The number of hydrogen-bond acceptors (Lipinski definition) is 3. The zero-order valence-corrected chi connectivity index (χ0v) is 9.28. The molecular formula is C12H16O3. The van der Waals surface area contributed by atoms with Gasteiger partial charge in [-0.2, -0.15) is 0 Å². The summed E-state index contributed by atoms with van der Waals surface area (Å²) < 4.78 is 10.3. The highest BCUT2D eigenvalue weighted by Gasteiger charge is 2.51. The quantitative estimate of drug-likeness (QED) is 0.825. The molecule has 0 bridgehead atoms. The third-order valence-electron chi connectivity index (χ3n) is 3.16. The van der Waals surface area contributed by atoms with Gasteiger partial charge in [-0.15, -0.1) is 0 Å². The van der Waals surface area contributed by atoms with Crippen molar-refractivity contribution in [2.75, 3.05) is 14.2 Å². The van der Waals surface area contributed by atoms with E-state index in [-0.39, 0.29) is 0 Å². The average molecular weight is 208 g/mol. The van der Waals surface area contributed by atoms with Crippen molar-refractivity contribution < 1.29 is 14.6 Å². The number of ether oxygens (including phenoxy) is 2. The fourth-order valence-electron chi connectivity index (χ4n) is 1.92. The van der Waals surface area contributed by atoms with Crippen LogP contribution in [0.3, 0.4) is 0 Å². The van der Waals surface area contributed by atoms with Crippen molar-refractivity contribution in [1.82, 2.24) is 0 Å². The summed E-state index contributed by atoms with van der Waals surface area (Å²) in [5, 5.41) is 10.2. The molecule has 0 radical (unpaired) electrons. The summed E-state index contributed by atoms with van der Waals surface area (Å²) in [6.45, 7) is 2.04. The van der Waals surface area contributed by atoms with Crippen molar-refractivity contribution in [3.63, 3.8) is 0 Å². The monoisotopic (exact) mass is 208 g/mol. The average Bonchev–Trinajstić information content (AvgIpc) is 2.87. The van der Waals surface area contributed by atoms with Gasteiger partial charge in [0.25, 0.3) is 0 Å². The number of hydrogen-bond donors (Lipinski definition) is 1. The SMILES string of the molecule is COc1ccc(C2(O)CC2C)cc1OC. The summed E-state index contributed by atoms with van der Waals surface area (Å²) in [6.07, 6.45) is 0.822. The molecule has 1 aliphatic rings. The van der Waals surface area contributed by atoms with Gasteiger partial charge < -0.3 is 14.6 Å². The van der Waals surface area contributed by atoms with Crippen LogP contribution < -0.4 is 9.47 Å². The lowest BCUT2D eigenvalue weighted by Crippen LogP contribution is -2.07. The highest BCUT2D eigenvalue weighted by molar-refractivity contribution is 5.46. The van der Waals surface area contributed by atoms with Crippen LogP contribution in [0, 0.1) is 5.92 Å². The summed E-state index contributed by atoms with van der Waals surface area (Å²) >= 11 is 0. The predicted octanol–water partition coefficient (Wildman–Crippen LogP) is 1.93.